The third-order valence-electron chi connectivity index (χ3n) is 4.58. The molecule has 3 rings (SSSR count). The van der Waals surface area contributed by atoms with Crippen molar-refractivity contribution in [3.63, 3.8) is 0 Å². The summed E-state index contributed by atoms with van der Waals surface area (Å²) in [6.07, 6.45) is 6.91. The Hall–Kier alpha value is -0.860. The molecule has 2 nitrogen and oxygen atoms in total. The highest BCUT2D eigenvalue weighted by Gasteiger charge is 2.39. The second-order valence-corrected chi connectivity index (χ2v) is 5.86. The molecule has 19 heavy (non-hydrogen) atoms. The van der Waals surface area contributed by atoms with Crippen LogP contribution in [0, 0.1) is 0 Å². The van der Waals surface area contributed by atoms with Crippen LogP contribution in [0.4, 0.5) is 0 Å². The van der Waals surface area contributed by atoms with Gasteiger partial charge in [-0.15, -0.1) is 0 Å². The molecule has 0 saturated carbocycles. The van der Waals surface area contributed by atoms with Crippen molar-refractivity contribution in [2.45, 2.75) is 51.2 Å². The van der Waals surface area contributed by atoms with Crippen LogP contribution in [0.1, 0.15) is 49.8 Å². The van der Waals surface area contributed by atoms with Crippen LogP contribution < -0.4 is 0 Å². The Morgan fingerprint density at radius 2 is 2.11 bits per heavy atom. The molecule has 2 unspecified atom stereocenters. The zero-order chi connectivity index (χ0) is 13.1. The molecule has 0 radical (unpaired) electrons. The summed E-state index contributed by atoms with van der Waals surface area (Å²) in [5.74, 6) is 0. The summed E-state index contributed by atoms with van der Waals surface area (Å²) in [4.78, 5) is 2.67. The predicted octanol–water partition coefficient (Wildman–Crippen LogP) is 3.56. The Balaban J connectivity index is 1.63. The fourth-order valence-corrected chi connectivity index (χ4v) is 3.54. The lowest BCUT2D eigenvalue weighted by Crippen LogP contribution is -2.46. The van der Waals surface area contributed by atoms with Crippen LogP contribution in [0.5, 0.6) is 0 Å². The molecule has 0 bridgehead atoms. The SMILES string of the molecule is CCCCCCN1CCOC2c3ccccc3CC21. The van der Waals surface area contributed by atoms with E-state index >= 15 is 0 Å². The highest BCUT2D eigenvalue weighted by atomic mass is 16.5. The largest absolute Gasteiger partial charge is 0.371 e. The summed E-state index contributed by atoms with van der Waals surface area (Å²) in [6, 6.07) is 9.41. The van der Waals surface area contributed by atoms with Gasteiger partial charge in [-0.25, -0.2) is 0 Å². The number of morpholine rings is 1. The minimum atomic E-state index is 0.330. The van der Waals surface area contributed by atoms with E-state index in [1.165, 1.54) is 49.8 Å². The van der Waals surface area contributed by atoms with Gasteiger partial charge in [0.25, 0.3) is 0 Å². The van der Waals surface area contributed by atoms with E-state index in [4.69, 9.17) is 4.74 Å². The van der Waals surface area contributed by atoms with Crippen molar-refractivity contribution in [2.24, 2.45) is 0 Å². The van der Waals surface area contributed by atoms with E-state index in [9.17, 15) is 0 Å². The Bertz CT molecular complexity index is 417. The summed E-state index contributed by atoms with van der Waals surface area (Å²) in [6.45, 7) is 5.53. The van der Waals surface area contributed by atoms with Crippen molar-refractivity contribution in [3.8, 4) is 0 Å². The van der Waals surface area contributed by atoms with Crippen LogP contribution in [0.15, 0.2) is 24.3 Å². The van der Waals surface area contributed by atoms with Gasteiger partial charge in [-0.1, -0.05) is 50.5 Å². The van der Waals surface area contributed by atoms with Crippen molar-refractivity contribution in [1.82, 2.24) is 4.90 Å². The highest BCUT2D eigenvalue weighted by Crippen LogP contribution is 2.39. The van der Waals surface area contributed by atoms with Gasteiger partial charge in [-0.05, 0) is 30.5 Å². The first-order valence-electron chi connectivity index (χ1n) is 7.83. The van der Waals surface area contributed by atoms with Gasteiger partial charge in [-0.2, -0.15) is 0 Å². The molecule has 0 amide bonds. The Morgan fingerprint density at radius 1 is 1.21 bits per heavy atom. The molecule has 1 aromatic rings. The van der Waals surface area contributed by atoms with Crippen molar-refractivity contribution < 1.29 is 4.74 Å². The first-order valence-corrected chi connectivity index (χ1v) is 7.83. The maximum absolute atomic E-state index is 6.04. The molecule has 1 aliphatic heterocycles. The van der Waals surface area contributed by atoms with Gasteiger partial charge in [0.1, 0.15) is 0 Å². The lowest BCUT2D eigenvalue weighted by Gasteiger charge is -2.38. The summed E-state index contributed by atoms with van der Waals surface area (Å²) >= 11 is 0. The average Bonchev–Trinajstić information content (AvgIpc) is 2.83. The van der Waals surface area contributed by atoms with Crippen LogP contribution in [-0.4, -0.2) is 30.6 Å². The molecule has 104 valence electrons. The normalized spacial score (nSPS) is 26.2. The molecule has 1 aromatic carbocycles. The molecule has 2 aliphatic rings. The highest BCUT2D eigenvalue weighted by molar-refractivity contribution is 5.36. The third-order valence-corrected chi connectivity index (χ3v) is 4.58. The lowest BCUT2D eigenvalue weighted by molar-refractivity contribution is -0.0647. The molecule has 0 aromatic heterocycles. The van der Waals surface area contributed by atoms with Crippen LogP contribution >= 0.6 is 0 Å². The Kier molecular flexibility index (Phi) is 4.19. The van der Waals surface area contributed by atoms with E-state index in [1.807, 2.05) is 0 Å². The Labute approximate surface area is 116 Å². The molecule has 2 atom stereocenters. The zero-order valence-electron chi connectivity index (χ0n) is 12.0. The fraction of sp³-hybridized carbons (Fsp3) is 0.647. The summed E-state index contributed by atoms with van der Waals surface area (Å²) in [7, 11) is 0. The molecule has 1 heterocycles. The molecule has 1 fully saturated rings. The summed E-state index contributed by atoms with van der Waals surface area (Å²) < 4.78 is 6.04. The number of rotatable bonds is 5. The molecular formula is C17H25NO. The van der Waals surface area contributed by atoms with Gasteiger partial charge in [0, 0.05) is 12.6 Å². The number of ether oxygens (including phenoxy) is 1. The quantitative estimate of drug-likeness (QED) is 0.750. The maximum Gasteiger partial charge on any atom is 0.0986 e. The van der Waals surface area contributed by atoms with Gasteiger partial charge in [0.05, 0.1) is 12.7 Å². The standard InChI is InChI=1S/C17H25NO/c1-2-3-4-7-10-18-11-12-19-17-15-9-6-5-8-14(15)13-16(17)18/h5-6,8-9,16-17H,2-4,7,10-13H2,1H3. The third kappa shape index (κ3) is 2.70. The number of benzene rings is 1. The van der Waals surface area contributed by atoms with E-state index in [1.54, 1.807) is 0 Å². The molecule has 1 aliphatic carbocycles. The van der Waals surface area contributed by atoms with Crippen molar-refractivity contribution >= 4 is 0 Å². The second kappa shape index (κ2) is 6.06. The van der Waals surface area contributed by atoms with Crippen LogP contribution in [0.2, 0.25) is 0 Å². The predicted molar refractivity (Wildman–Crippen MR) is 78.3 cm³/mol. The molecule has 1 saturated heterocycles. The molecule has 2 heteroatoms. The molecule has 0 N–H and O–H groups in total. The van der Waals surface area contributed by atoms with Crippen molar-refractivity contribution in [3.05, 3.63) is 35.4 Å². The minimum absolute atomic E-state index is 0.330. The van der Waals surface area contributed by atoms with E-state index in [0.717, 1.165) is 13.2 Å². The average molecular weight is 259 g/mol. The number of fused-ring (bicyclic) bond motifs is 3. The van der Waals surface area contributed by atoms with Crippen molar-refractivity contribution in [2.75, 3.05) is 19.7 Å². The monoisotopic (exact) mass is 259 g/mol. The van der Waals surface area contributed by atoms with Crippen LogP contribution in [-0.2, 0) is 11.2 Å². The molecular weight excluding hydrogens is 234 g/mol. The topological polar surface area (TPSA) is 12.5 Å². The zero-order valence-corrected chi connectivity index (χ0v) is 12.0. The van der Waals surface area contributed by atoms with Gasteiger partial charge in [0.2, 0.25) is 0 Å². The van der Waals surface area contributed by atoms with E-state index < -0.39 is 0 Å². The van der Waals surface area contributed by atoms with Crippen LogP contribution in [0.25, 0.3) is 0 Å². The number of nitrogens with zero attached hydrogens (tertiary/aromatic N) is 1. The number of hydrogen-bond acceptors (Lipinski definition) is 2. The summed E-state index contributed by atoms with van der Waals surface area (Å²) in [5, 5.41) is 0. The number of hydrogen-bond donors (Lipinski definition) is 0. The lowest BCUT2D eigenvalue weighted by atomic mass is 10.1. The maximum atomic E-state index is 6.04. The minimum Gasteiger partial charge on any atom is -0.371 e. The number of unbranched alkanes of at least 4 members (excludes halogenated alkanes) is 3. The van der Waals surface area contributed by atoms with Crippen LogP contribution in [0.3, 0.4) is 0 Å². The van der Waals surface area contributed by atoms with Gasteiger partial charge < -0.3 is 4.74 Å². The second-order valence-electron chi connectivity index (χ2n) is 5.86. The van der Waals surface area contributed by atoms with E-state index in [0.29, 0.717) is 12.1 Å². The van der Waals surface area contributed by atoms with Crippen molar-refractivity contribution in [1.29, 1.82) is 0 Å². The van der Waals surface area contributed by atoms with Gasteiger partial charge in [0.15, 0.2) is 0 Å². The van der Waals surface area contributed by atoms with Gasteiger partial charge in [-0.3, -0.25) is 4.90 Å². The first kappa shape index (κ1) is 13.1. The smallest absolute Gasteiger partial charge is 0.0986 e. The fourth-order valence-electron chi connectivity index (χ4n) is 3.54. The Morgan fingerprint density at radius 3 is 3.00 bits per heavy atom. The van der Waals surface area contributed by atoms with E-state index in [2.05, 4.69) is 36.1 Å². The molecule has 0 spiro atoms. The van der Waals surface area contributed by atoms with Gasteiger partial charge >= 0.3 is 0 Å². The van der Waals surface area contributed by atoms with E-state index in [-0.39, 0.29) is 0 Å². The summed E-state index contributed by atoms with van der Waals surface area (Å²) in [5.41, 5.74) is 2.93. The first-order chi connectivity index (χ1) is 9.40.